The van der Waals surface area contributed by atoms with E-state index in [1.165, 1.54) is 47.1 Å². The number of aliphatic imine (C=N–C) groups is 1. The average molecular weight is 428 g/mol. The van der Waals surface area contributed by atoms with Crippen molar-refractivity contribution >= 4 is 11.4 Å². The lowest BCUT2D eigenvalue weighted by molar-refractivity contribution is 0.411. The molecule has 4 aromatic rings. The summed E-state index contributed by atoms with van der Waals surface area (Å²) < 4.78 is 8.42. The Morgan fingerprint density at radius 2 is 1.94 bits per heavy atom. The summed E-state index contributed by atoms with van der Waals surface area (Å²) >= 11 is 0. The van der Waals surface area contributed by atoms with Crippen LogP contribution in [-0.2, 0) is 0 Å². The summed E-state index contributed by atoms with van der Waals surface area (Å²) in [6, 6.07) is 17.2. The SMILES string of the molecule is COc1cc(-n2[nH]ccc2=O)ccc1-n1ccc(=O)c(C(C=CN)=Nc2ccccc2)n1. The fourth-order valence-electron chi connectivity index (χ4n) is 3.14. The number of allylic oxidation sites excluding steroid dienone is 1. The lowest BCUT2D eigenvalue weighted by Gasteiger charge is -2.13. The Labute approximate surface area is 182 Å². The van der Waals surface area contributed by atoms with Gasteiger partial charge in [0.05, 0.1) is 24.2 Å². The Morgan fingerprint density at radius 1 is 1.12 bits per heavy atom. The van der Waals surface area contributed by atoms with Gasteiger partial charge in [-0.25, -0.2) is 14.4 Å². The van der Waals surface area contributed by atoms with Gasteiger partial charge in [-0.3, -0.25) is 14.7 Å². The molecule has 2 heterocycles. The Kier molecular flexibility index (Phi) is 5.80. The number of rotatable bonds is 6. The van der Waals surface area contributed by atoms with Gasteiger partial charge in [0.2, 0.25) is 5.43 Å². The summed E-state index contributed by atoms with van der Waals surface area (Å²) in [7, 11) is 1.52. The van der Waals surface area contributed by atoms with Crippen molar-refractivity contribution in [3.8, 4) is 17.1 Å². The van der Waals surface area contributed by atoms with Crippen LogP contribution in [0.25, 0.3) is 11.4 Å². The zero-order valence-electron chi connectivity index (χ0n) is 17.2. The van der Waals surface area contributed by atoms with Gasteiger partial charge < -0.3 is 10.5 Å². The molecule has 0 saturated heterocycles. The second-order valence-corrected chi connectivity index (χ2v) is 6.66. The van der Waals surface area contributed by atoms with E-state index in [4.69, 9.17) is 10.5 Å². The molecule has 2 aromatic carbocycles. The first-order valence-corrected chi connectivity index (χ1v) is 9.68. The van der Waals surface area contributed by atoms with E-state index in [1.807, 2.05) is 30.3 Å². The first-order chi connectivity index (χ1) is 15.6. The molecule has 0 spiro atoms. The third-order valence-corrected chi connectivity index (χ3v) is 4.63. The first kappa shape index (κ1) is 20.6. The molecule has 0 bridgehead atoms. The van der Waals surface area contributed by atoms with E-state index < -0.39 is 0 Å². The lowest BCUT2D eigenvalue weighted by Crippen LogP contribution is -2.21. The van der Waals surface area contributed by atoms with E-state index in [0.29, 0.717) is 28.5 Å². The van der Waals surface area contributed by atoms with Gasteiger partial charge in [-0.1, -0.05) is 18.2 Å². The highest BCUT2D eigenvalue weighted by atomic mass is 16.5. The van der Waals surface area contributed by atoms with Crippen molar-refractivity contribution in [3.63, 3.8) is 0 Å². The van der Waals surface area contributed by atoms with Crippen LogP contribution in [0.3, 0.4) is 0 Å². The summed E-state index contributed by atoms with van der Waals surface area (Å²) in [6.45, 7) is 0. The van der Waals surface area contributed by atoms with E-state index in [-0.39, 0.29) is 16.7 Å². The number of ether oxygens (including phenoxy) is 1. The van der Waals surface area contributed by atoms with Crippen molar-refractivity contribution < 1.29 is 4.74 Å². The highest BCUT2D eigenvalue weighted by Gasteiger charge is 2.13. The Balaban J connectivity index is 1.82. The van der Waals surface area contributed by atoms with Crippen LogP contribution in [-0.4, -0.2) is 32.4 Å². The normalized spacial score (nSPS) is 11.7. The van der Waals surface area contributed by atoms with E-state index in [0.717, 1.165) is 0 Å². The molecule has 0 aliphatic heterocycles. The molecule has 0 aliphatic rings. The first-order valence-electron chi connectivity index (χ1n) is 9.68. The number of methoxy groups -OCH3 is 1. The number of aromatic amines is 1. The van der Waals surface area contributed by atoms with Crippen molar-refractivity contribution in [2.24, 2.45) is 10.7 Å². The number of nitrogens with zero attached hydrogens (tertiary/aromatic N) is 4. The smallest absolute Gasteiger partial charge is 0.271 e. The topological polar surface area (TPSA) is 120 Å². The predicted molar refractivity (Wildman–Crippen MR) is 122 cm³/mol. The minimum atomic E-state index is -0.303. The maximum Gasteiger partial charge on any atom is 0.271 e. The number of aromatic nitrogens is 4. The van der Waals surface area contributed by atoms with Gasteiger partial charge in [0.15, 0.2) is 5.69 Å². The third-order valence-electron chi connectivity index (χ3n) is 4.63. The molecule has 9 heteroatoms. The van der Waals surface area contributed by atoms with Gasteiger partial charge in [0, 0.05) is 30.6 Å². The van der Waals surface area contributed by atoms with Crippen LogP contribution in [0, 0.1) is 0 Å². The Hall–Kier alpha value is -4.66. The van der Waals surface area contributed by atoms with Gasteiger partial charge in [-0.15, -0.1) is 0 Å². The average Bonchev–Trinajstić information content (AvgIpc) is 3.25. The number of nitrogens with two attached hydrogens (primary N) is 1. The molecule has 0 unspecified atom stereocenters. The van der Waals surface area contributed by atoms with E-state index in [9.17, 15) is 9.59 Å². The molecule has 4 rings (SSSR count). The Morgan fingerprint density at radius 3 is 2.62 bits per heavy atom. The van der Waals surface area contributed by atoms with Crippen LogP contribution in [0.5, 0.6) is 5.75 Å². The molecule has 0 fully saturated rings. The summed E-state index contributed by atoms with van der Waals surface area (Å²) in [4.78, 5) is 29.1. The van der Waals surface area contributed by atoms with E-state index in [2.05, 4.69) is 15.2 Å². The van der Waals surface area contributed by atoms with Crippen LogP contribution in [0.1, 0.15) is 5.69 Å². The van der Waals surface area contributed by atoms with Gasteiger partial charge in [0.25, 0.3) is 5.56 Å². The molecule has 0 saturated carbocycles. The highest BCUT2D eigenvalue weighted by molar-refractivity contribution is 6.08. The monoisotopic (exact) mass is 428 g/mol. The summed E-state index contributed by atoms with van der Waals surface area (Å²) in [5.74, 6) is 0.460. The number of para-hydroxylation sites is 1. The molecule has 0 aliphatic carbocycles. The molecule has 160 valence electrons. The Bertz CT molecular complexity index is 1410. The minimum Gasteiger partial charge on any atom is -0.494 e. The minimum absolute atomic E-state index is 0.129. The quantitative estimate of drug-likeness (QED) is 0.457. The van der Waals surface area contributed by atoms with Crippen LogP contribution < -0.4 is 21.5 Å². The second kappa shape index (κ2) is 9.00. The van der Waals surface area contributed by atoms with E-state index in [1.54, 1.807) is 24.4 Å². The molecule has 9 nitrogen and oxygen atoms in total. The van der Waals surface area contributed by atoms with E-state index >= 15 is 0 Å². The van der Waals surface area contributed by atoms with Crippen molar-refractivity contribution in [3.05, 3.63) is 112 Å². The van der Waals surface area contributed by atoms with Crippen LogP contribution in [0.4, 0.5) is 5.69 Å². The number of H-pyrrole nitrogens is 1. The molecular weight excluding hydrogens is 408 g/mol. The second-order valence-electron chi connectivity index (χ2n) is 6.66. The molecule has 0 radical (unpaired) electrons. The van der Waals surface area contributed by atoms with Gasteiger partial charge in [-0.05, 0) is 36.5 Å². The molecule has 0 amide bonds. The van der Waals surface area contributed by atoms with Crippen LogP contribution >= 0.6 is 0 Å². The number of hydrogen-bond acceptors (Lipinski definition) is 6. The van der Waals surface area contributed by atoms with Gasteiger partial charge in [-0.2, -0.15) is 5.10 Å². The molecule has 32 heavy (non-hydrogen) atoms. The molecule has 0 atom stereocenters. The van der Waals surface area contributed by atoms with Crippen LogP contribution in [0.15, 0.2) is 99.9 Å². The largest absolute Gasteiger partial charge is 0.494 e. The zero-order chi connectivity index (χ0) is 22.5. The van der Waals surface area contributed by atoms with Gasteiger partial charge >= 0.3 is 0 Å². The van der Waals surface area contributed by atoms with Crippen molar-refractivity contribution in [2.45, 2.75) is 0 Å². The summed E-state index contributed by atoms with van der Waals surface area (Å²) in [5, 5.41) is 7.34. The maximum atomic E-state index is 12.6. The maximum absolute atomic E-state index is 12.6. The third kappa shape index (κ3) is 4.12. The summed E-state index contributed by atoms with van der Waals surface area (Å²) in [6.07, 6.45) is 5.93. The van der Waals surface area contributed by atoms with Crippen LogP contribution in [0.2, 0.25) is 0 Å². The zero-order valence-corrected chi connectivity index (χ0v) is 17.2. The number of nitrogens with one attached hydrogen (secondary N) is 1. The fraction of sp³-hybridized carbons (Fsp3) is 0.0435. The number of benzene rings is 2. The standard InChI is InChI=1S/C23H20N6O3/c1-32-21-15-17(29-22(31)10-13-25-29)7-8-19(21)28-14-11-20(30)23(27-28)18(9-12-24)26-16-5-3-2-4-6-16/h2-15,25H,24H2,1H3. The van der Waals surface area contributed by atoms with Crippen molar-refractivity contribution in [1.82, 2.24) is 19.6 Å². The molecular formula is C23H20N6O3. The molecule has 3 N–H and O–H groups in total. The van der Waals surface area contributed by atoms with Crippen molar-refractivity contribution in [2.75, 3.05) is 7.11 Å². The number of hydrogen-bond donors (Lipinski definition) is 2. The predicted octanol–water partition coefficient (Wildman–Crippen LogP) is 2.31. The summed E-state index contributed by atoms with van der Waals surface area (Å²) in [5.41, 5.74) is 7.38. The van der Waals surface area contributed by atoms with Gasteiger partial charge in [0.1, 0.15) is 11.4 Å². The van der Waals surface area contributed by atoms with Crippen molar-refractivity contribution in [1.29, 1.82) is 0 Å². The molecule has 2 aromatic heterocycles. The highest BCUT2D eigenvalue weighted by Crippen LogP contribution is 2.24. The fourth-order valence-corrected chi connectivity index (χ4v) is 3.14. The lowest BCUT2D eigenvalue weighted by atomic mass is 10.2.